The van der Waals surface area contributed by atoms with E-state index < -0.39 is 0 Å². The average Bonchev–Trinajstić information content (AvgIpc) is 2.44. The van der Waals surface area contributed by atoms with Crippen LogP contribution in [0.15, 0.2) is 36.4 Å². The number of hydrogen-bond acceptors (Lipinski definition) is 2. The number of halogens is 1. The molecule has 2 aromatic carbocycles. The van der Waals surface area contributed by atoms with Crippen molar-refractivity contribution < 1.29 is 4.74 Å². The van der Waals surface area contributed by atoms with Gasteiger partial charge in [-0.2, -0.15) is 0 Å². The first-order chi connectivity index (χ1) is 10.1. The maximum absolute atomic E-state index is 6.32. The molecular weight excluding hydrogens is 282 g/mol. The molecule has 0 aliphatic carbocycles. The summed E-state index contributed by atoms with van der Waals surface area (Å²) in [6, 6.07) is 12.0. The second-order valence-electron chi connectivity index (χ2n) is 5.30. The maximum atomic E-state index is 6.32. The topological polar surface area (TPSA) is 21.3 Å². The molecule has 0 atom stereocenters. The van der Waals surface area contributed by atoms with Crippen molar-refractivity contribution in [3.05, 3.63) is 58.1 Å². The Morgan fingerprint density at radius 2 is 1.90 bits per heavy atom. The molecule has 1 N–H and O–H groups in total. The van der Waals surface area contributed by atoms with E-state index in [1.165, 1.54) is 5.56 Å². The highest BCUT2D eigenvalue weighted by Gasteiger charge is 2.05. The molecule has 0 radical (unpaired) electrons. The summed E-state index contributed by atoms with van der Waals surface area (Å²) in [6.07, 6.45) is 1.12. The highest BCUT2D eigenvalue weighted by atomic mass is 35.5. The molecule has 0 spiro atoms. The lowest BCUT2D eigenvalue weighted by atomic mass is 10.1. The summed E-state index contributed by atoms with van der Waals surface area (Å²) < 4.78 is 5.92. The van der Waals surface area contributed by atoms with Crippen molar-refractivity contribution in [2.75, 3.05) is 6.54 Å². The zero-order valence-corrected chi connectivity index (χ0v) is 13.6. The molecule has 0 unspecified atom stereocenters. The first-order valence-corrected chi connectivity index (χ1v) is 7.72. The molecule has 0 aliphatic rings. The Morgan fingerprint density at radius 3 is 2.57 bits per heavy atom. The van der Waals surface area contributed by atoms with Crippen LogP contribution < -0.4 is 10.1 Å². The van der Waals surface area contributed by atoms with Crippen LogP contribution in [-0.2, 0) is 6.54 Å². The van der Waals surface area contributed by atoms with E-state index in [1.807, 2.05) is 37.3 Å². The number of rotatable bonds is 6. The van der Waals surface area contributed by atoms with E-state index in [1.54, 1.807) is 0 Å². The monoisotopic (exact) mass is 303 g/mol. The van der Waals surface area contributed by atoms with Crippen LogP contribution in [-0.4, -0.2) is 6.54 Å². The number of ether oxygens (including phenoxy) is 1. The van der Waals surface area contributed by atoms with Crippen molar-refractivity contribution >= 4 is 11.6 Å². The Balaban J connectivity index is 2.09. The molecule has 0 heterocycles. The minimum Gasteiger partial charge on any atom is -0.457 e. The lowest BCUT2D eigenvalue weighted by Gasteiger charge is -2.11. The summed E-state index contributed by atoms with van der Waals surface area (Å²) in [5.41, 5.74) is 3.45. The lowest BCUT2D eigenvalue weighted by molar-refractivity contribution is 0.478. The van der Waals surface area contributed by atoms with E-state index in [-0.39, 0.29) is 0 Å². The second kappa shape index (κ2) is 7.48. The number of hydrogen-bond donors (Lipinski definition) is 1. The summed E-state index contributed by atoms with van der Waals surface area (Å²) in [6.45, 7) is 8.06. The number of aryl methyl sites for hydroxylation is 2. The summed E-state index contributed by atoms with van der Waals surface area (Å²) in [5, 5.41) is 4.09. The standard InChI is InChI=1S/C18H22ClNO/c1-4-9-20-12-15-6-7-16(11-17(15)19)21-18-8-5-13(2)10-14(18)3/h5-8,10-11,20H,4,9,12H2,1-3H3. The van der Waals surface area contributed by atoms with Gasteiger partial charge in [0.25, 0.3) is 0 Å². The Labute approximate surface area is 132 Å². The quantitative estimate of drug-likeness (QED) is 0.736. The first-order valence-electron chi connectivity index (χ1n) is 7.34. The predicted octanol–water partition coefficient (Wildman–Crippen LogP) is 5.25. The van der Waals surface area contributed by atoms with Gasteiger partial charge in [-0.15, -0.1) is 0 Å². The molecule has 0 aromatic heterocycles. The van der Waals surface area contributed by atoms with Crippen molar-refractivity contribution in [2.45, 2.75) is 33.7 Å². The molecular formula is C18H22ClNO. The number of benzene rings is 2. The highest BCUT2D eigenvalue weighted by molar-refractivity contribution is 6.31. The SMILES string of the molecule is CCCNCc1ccc(Oc2ccc(C)cc2C)cc1Cl. The molecule has 112 valence electrons. The Morgan fingerprint density at radius 1 is 1.10 bits per heavy atom. The van der Waals surface area contributed by atoms with E-state index in [4.69, 9.17) is 16.3 Å². The molecule has 0 fully saturated rings. The van der Waals surface area contributed by atoms with Gasteiger partial charge in [0.2, 0.25) is 0 Å². The molecule has 2 aromatic rings. The number of nitrogens with one attached hydrogen (secondary N) is 1. The van der Waals surface area contributed by atoms with Crippen molar-refractivity contribution in [1.29, 1.82) is 0 Å². The Bertz CT molecular complexity index is 610. The minimum atomic E-state index is 0.737. The maximum Gasteiger partial charge on any atom is 0.130 e. The van der Waals surface area contributed by atoms with Crippen LogP contribution in [0.4, 0.5) is 0 Å². The van der Waals surface area contributed by atoms with Gasteiger partial charge >= 0.3 is 0 Å². The van der Waals surface area contributed by atoms with Gasteiger partial charge in [0.05, 0.1) is 0 Å². The van der Waals surface area contributed by atoms with Crippen LogP contribution in [0, 0.1) is 13.8 Å². The summed E-state index contributed by atoms with van der Waals surface area (Å²) in [7, 11) is 0. The summed E-state index contributed by atoms with van der Waals surface area (Å²) in [4.78, 5) is 0. The molecule has 0 aliphatic heterocycles. The van der Waals surface area contributed by atoms with Crippen LogP contribution >= 0.6 is 11.6 Å². The first kappa shape index (κ1) is 15.9. The molecule has 0 amide bonds. The van der Waals surface area contributed by atoms with Crippen molar-refractivity contribution in [3.63, 3.8) is 0 Å². The van der Waals surface area contributed by atoms with Gasteiger partial charge in [-0.25, -0.2) is 0 Å². The van der Waals surface area contributed by atoms with Crippen molar-refractivity contribution in [1.82, 2.24) is 5.32 Å². The summed E-state index contributed by atoms with van der Waals surface area (Å²) >= 11 is 6.32. The van der Waals surface area contributed by atoms with E-state index in [0.29, 0.717) is 0 Å². The van der Waals surface area contributed by atoms with Crippen LogP contribution in [0.3, 0.4) is 0 Å². The van der Waals surface area contributed by atoms with E-state index >= 15 is 0 Å². The molecule has 0 saturated carbocycles. The Hall–Kier alpha value is -1.51. The van der Waals surface area contributed by atoms with Crippen LogP contribution in [0.25, 0.3) is 0 Å². The molecule has 21 heavy (non-hydrogen) atoms. The van der Waals surface area contributed by atoms with Gasteiger partial charge in [-0.05, 0) is 56.1 Å². The van der Waals surface area contributed by atoms with E-state index in [0.717, 1.165) is 47.2 Å². The fourth-order valence-corrected chi connectivity index (χ4v) is 2.41. The molecule has 0 saturated heterocycles. The molecule has 2 nitrogen and oxygen atoms in total. The van der Waals surface area contributed by atoms with Crippen molar-refractivity contribution in [3.8, 4) is 11.5 Å². The molecule has 0 bridgehead atoms. The van der Waals surface area contributed by atoms with Crippen LogP contribution in [0.1, 0.15) is 30.0 Å². The normalized spacial score (nSPS) is 10.7. The van der Waals surface area contributed by atoms with Gasteiger partial charge in [0.1, 0.15) is 11.5 Å². The van der Waals surface area contributed by atoms with E-state index in [9.17, 15) is 0 Å². The van der Waals surface area contributed by atoms with Gasteiger partial charge in [-0.3, -0.25) is 0 Å². The second-order valence-corrected chi connectivity index (χ2v) is 5.71. The third kappa shape index (κ3) is 4.48. The predicted molar refractivity (Wildman–Crippen MR) is 89.4 cm³/mol. The fraction of sp³-hybridized carbons (Fsp3) is 0.333. The van der Waals surface area contributed by atoms with Crippen LogP contribution in [0.2, 0.25) is 5.02 Å². The third-order valence-corrected chi connectivity index (χ3v) is 3.68. The smallest absolute Gasteiger partial charge is 0.130 e. The van der Waals surface area contributed by atoms with Crippen molar-refractivity contribution in [2.24, 2.45) is 0 Å². The molecule has 3 heteroatoms. The average molecular weight is 304 g/mol. The lowest BCUT2D eigenvalue weighted by Crippen LogP contribution is -2.13. The van der Waals surface area contributed by atoms with E-state index in [2.05, 4.69) is 25.2 Å². The summed E-state index contributed by atoms with van der Waals surface area (Å²) in [5.74, 6) is 1.64. The van der Waals surface area contributed by atoms with Gasteiger partial charge in [0.15, 0.2) is 0 Å². The highest BCUT2D eigenvalue weighted by Crippen LogP contribution is 2.29. The third-order valence-electron chi connectivity index (χ3n) is 3.33. The largest absolute Gasteiger partial charge is 0.457 e. The van der Waals surface area contributed by atoms with Crippen LogP contribution in [0.5, 0.6) is 11.5 Å². The minimum absolute atomic E-state index is 0.737. The Kier molecular flexibility index (Phi) is 5.66. The van der Waals surface area contributed by atoms with Gasteiger partial charge < -0.3 is 10.1 Å². The van der Waals surface area contributed by atoms with Gasteiger partial charge in [-0.1, -0.05) is 42.3 Å². The molecule has 2 rings (SSSR count). The van der Waals surface area contributed by atoms with Gasteiger partial charge in [0, 0.05) is 11.6 Å². The zero-order valence-electron chi connectivity index (χ0n) is 12.9. The fourth-order valence-electron chi connectivity index (χ4n) is 2.18. The zero-order chi connectivity index (χ0) is 15.2.